The molecule has 0 aliphatic carbocycles. The standard InChI is InChI=1S/C7H7NO/c1-3-7(5-8)4-6(2)9/h1,7H,4H2,2H3. The maximum absolute atomic E-state index is 10.3. The summed E-state index contributed by atoms with van der Waals surface area (Å²) in [4.78, 5) is 10.3. The number of hydrogen-bond acceptors (Lipinski definition) is 2. The number of terminal acetylenes is 1. The van der Waals surface area contributed by atoms with E-state index in [9.17, 15) is 4.79 Å². The highest BCUT2D eigenvalue weighted by Crippen LogP contribution is 1.98. The van der Waals surface area contributed by atoms with E-state index in [4.69, 9.17) is 11.7 Å². The van der Waals surface area contributed by atoms with Crippen molar-refractivity contribution < 1.29 is 4.79 Å². The maximum Gasteiger partial charge on any atom is 0.132 e. The number of carbonyl (C=O) groups excluding carboxylic acids is 1. The molecule has 46 valence electrons. The molecule has 1 atom stereocenters. The van der Waals surface area contributed by atoms with Gasteiger partial charge in [-0.1, -0.05) is 5.92 Å². The van der Waals surface area contributed by atoms with Crippen LogP contribution < -0.4 is 0 Å². The Hall–Kier alpha value is -1.28. The van der Waals surface area contributed by atoms with Crippen LogP contribution >= 0.6 is 0 Å². The minimum Gasteiger partial charge on any atom is -0.300 e. The quantitative estimate of drug-likeness (QED) is 0.505. The Morgan fingerprint density at radius 1 is 1.89 bits per heavy atom. The number of rotatable bonds is 2. The molecule has 9 heavy (non-hydrogen) atoms. The van der Waals surface area contributed by atoms with Gasteiger partial charge in [-0.25, -0.2) is 0 Å². The second-order valence-electron chi connectivity index (χ2n) is 1.75. The van der Waals surface area contributed by atoms with Gasteiger partial charge >= 0.3 is 0 Å². The van der Waals surface area contributed by atoms with Crippen molar-refractivity contribution in [3.8, 4) is 18.4 Å². The molecule has 0 bridgehead atoms. The van der Waals surface area contributed by atoms with E-state index in [1.54, 1.807) is 0 Å². The fourth-order valence-corrected chi connectivity index (χ4v) is 0.429. The second-order valence-corrected chi connectivity index (χ2v) is 1.75. The number of nitrogens with zero attached hydrogens (tertiary/aromatic N) is 1. The second kappa shape index (κ2) is 3.69. The van der Waals surface area contributed by atoms with Crippen molar-refractivity contribution in [2.45, 2.75) is 13.3 Å². The predicted octanol–water partition coefficient (Wildman–Crippen LogP) is 0.738. The molecule has 1 unspecified atom stereocenters. The first-order chi connectivity index (χ1) is 4.20. The Bertz CT molecular complexity index is 168. The van der Waals surface area contributed by atoms with E-state index in [0.717, 1.165) is 0 Å². The number of carbonyl (C=O) groups is 1. The lowest BCUT2D eigenvalue weighted by atomic mass is 10.1. The normalized spacial score (nSPS) is 11.0. The molecule has 0 aromatic heterocycles. The molecular formula is C7H7NO. The van der Waals surface area contributed by atoms with Crippen molar-refractivity contribution in [2.75, 3.05) is 0 Å². The van der Waals surface area contributed by atoms with E-state index in [1.165, 1.54) is 6.92 Å². The fraction of sp³-hybridized carbons (Fsp3) is 0.429. The lowest BCUT2D eigenvalue weighted by Gasteiger charge is -1.92. The van der Waals surface area contributed by atoms with Gasteiger partial charge in [0.1, 0.15) is 11.7 Å². The van der Waals surface area contributed by atoms with Crippen molar-refractivity contribution >= 4 is 5.78 Å². The molecule has 0 aliphatic rings. The van der Waals surface area contributed by atoms with Gasteiger partial charge in [-0.15, -0.1) is 6.42 Å². The van der Waals surface area contributed by atoms with E-state index in [1.807, 2.05) is 6.07 Å². The van der Waals surface area contributed by atoms with Crippen molar-refractivity contribution in [2.24, 2.45) is 5.92 Å². The van der Waals surface area contributed by atoms with Crippen LogP contribution in [0.1, 0.15) is 13.3 Å². The highest BCUT2D eigenvalue weighted by Gasteiger charge is 2.04. The third kappa shape index (κ3) is 3.32. The molecular weight excluding hydrogens is 114 g/mol. The zero-order chi connectivity index (χ0) is 7.28. The first-order valence-electron chi connectivity index (χ1n) is 2.56. The molecule has 0 heterocycles. The zero-order valence-corrected chi connectivity index (χ0v) is 5.22. The fourth-order valence-electron chi connectivity index (χ4n) is 0.429. The third-order valence-electron chi connectivity index (χ3n) is 0.849. The van der Waals surface area contributed by atoms with E-state index < -0.39 is 5.92 Å². The summed E-state index contributed by atoms with van der Waals surface area (Å²) in [7, 11) is 0. The summed E-state index contributed by atoms with van der Waals surface area (Å²) in [5.41, 5.74) is 0. The Labute approximate surface area is 54.5 Å². The average molecular weight is 121 g/mol. The SMILES string of the molecule is C#CC(C#N)CC(C)=O. The first kappa shape index (κ1) is 7.72. The minimum absolute atomic E-state index is 0.0421. The van der Waals surface area contributed by atoms with Gasteiger partial charge in [0.05, 0.1) is 6.07 Å². The van der Waals surface area contributed by atoms with Crippen LogP contribution in [0, 0.1) is 29.6 Å². The molecule has 0 radical (unpaired) electrons. The monoisotopic (exact) mass is 121 g/mol. The Balaban J connectivity index is 3.78. The lowest BCUT2D eigenvalue weighted by Crippen LogP contribution is -1.99. The van der Waals surface area contributed by atoms with Gasteiger partial charge in [0, 0.05) is 6.42 Å². The lowest BCUT2D eigenvalue weighted by molar-refractivity contribution is -0.117. The highest BCUT2D eigenvalue weighted by molar-refractivity contribution is 5.76. The number of nitriles is 1. The van der Waals surface area contributed by atoms with Crippen LogP contribution in [0.5, 0.6) is 0 Å². The largest absolute Gasteiger partial charge is 0.300 e. The Morgan fingerprint density at radius 2 is 2.44 bits per heavy atom. The third-order valence-corrected chi connectivity index (χ3v) is 0.849. The van der Waals surface area contributed by atoms with E-state index in [-0.39, 0.29) is 12.2 Å². The van der Waals surface area contributed by atoms with Gasteiger partial charge in [-0.05, 0) is 6.92 Å². The molecule has 2 heteroatoms. The molecule has 0 saturated heterocycles. The molecule has 0 amide bonds. The summed E-state index contributed by atoms with van der Waals surface area (Å²) in [6.45, 7) is 1.42. The zero-order valence-electron chi connectivity index (χ0n) is 5.22. The van der Waals surface area contributed by atoms with Crippen molar-refractivity contribution in [3.05, 3.63) is 0 Å². The summed E-state index contributed by atoms with van der Waals surface area (Å²) in [6, 6.07) is 1.83. The van der Waals surface area contributed by atoms with Gasteiger partial charge in [-0.3, -0.25) is 4.79 Å². The molecule has 0 N–H and O–H groups in total. The summed E-state index contributed by atoms with van der Waals surface area (Å²) >= 11 is 0. The van der Waals surface area contributed by atoms with Crippen molar-refractivity contribution in [1.82, 2.24) is 0 Å². The van der Waals surface area contributed by atoms with Crippen LogP contribution in [0.4, 0.5) is 0 Å². The summed E-state index contributed by atoms with van der Waals surface area (Å²) in [5.74, 6) is 1.62. The van der Waals surface area contributed by atoms with Crippen LogP contribution in [0.2, 0.25) is 0 Å². The van der Waals surface area contributed by atoms with Crippen LogP contribution in [-0.2, 0) is 4.79 Å². The Kier molecular flexibility index (Phi) is 3.16. The smallest absolute Gasteiger partial charge is 0.132 e. The molecule has 0 rings (SSSR count). The number of hydrogen-bond donors (Lipinski definition) is 0. The average Bonchev–Trinajstić information content (AvgIpc) is 1.82. The molecule has 0 aromatic carbocycles. The van der Waals surface area contributed by atoms with E-state index in [0.29, 0.717) is 0 Å². The highest BCUT2D eigenvalue weighted by atomic mass is 16.1. The van der Waals surface area contributed by atoms with Crippen LogP contribution in [-0.4, -0.2) is 5.78 Å². The van der Waals surface area contributed by atoms with Gasteiger partial charge in [0.15, 0.2) is 0 Å². The molecule has 0 fully saturated rings. The molecule has 0 spiro atoms. The van der Waals surface area contributed by atoms with Crippen LogP contribution in [0.25, 0.3) is 0 Å². The first-order valence-corrected chi connectivity index (χ1v) is 2.56. The summed E-state index contributed by atoms with van der Waals surface area (Å²) < 4.78 is 0. The van der Waals surface area contributed by atoms with Gasteiger partial charge < -0.3 is 0 Å². The summed E-state index contributed by atoms with van der Waals surface area (Å²) in [5, 5.41) is 8.23. The van der Waals surface area contributed by atoms with Crippen LogP contribution in [0.15, 0.2) is 0 Å². The van der Waals surface area contributed by atoms with Gasteiger partial charge in [0.25, 0.3) is 0 Å². The van der Waals surface area contributed by atoms with Gasteiger partial charge in [-0.2, -0.15) is 5.26 Å². The Morgan fingerprint density at radius 3 is 2.56 bits per heavy atom. The van der Waals surface area contributed by atoms with Crippen molar-refractivity contribution in [1.29, 1.82) is 5.26 Å². The molecule has 2 nitrogen and oxygen atoms in total. The van der Waals surface area contributed by atoms with E-state index in [2.05, 4.69) is 5.92 Å². The predicted molar refractivity (Wildman–Crippen MR) is 33.2 cm³/mol. The van der Waals surface area contributed by atoms with E-state index >= 15 is 0 Å². The van der Waals surface area contributed by atoms with Gasteiger partial charge in [0.2, 0.25) is 0 Å². The minimum atomic E-state index is -0.539. The van der Waals surface area contributed by atoms with Crippen molar-refractivity contribution in [3.63, 3.8) is 0 Å². The maximum atomic E-state index is 10.3. The molecule has 0 saturated carbocycles. The van der Waals surface area contributed by atoms with Crippen LogP contribution in [0.3, 0.4) is 0 Å². The topological polar surface area (TPSA) is 40.9 Å². The summed E-state index contributed by atoms with van der Waals surface area (Å²) in [6.07, 6.45) is 5.08. The number of Topliss-reactive ketones (excluding diaryl/α,β-unsaturated/α-hetero) is 1. The number of ketones is 1. The molecule has 0 aromatic rings. The molecule has 0 aliphatic heterocycles.